The Bertz CT molecular complexity index is 720. The number of phenols is 2. The van der Waals surface area contributed by atoms with E-state index in [4.69, 9.17) is 0 Å². The highest BCUT2D eigenvalue weighted by molar-refractivity contribution is 5.57. The Kier molecular flexibility index (Phi) is 13.6. The van der Waals surface area contributed by atoms with Gasteiger partial charge in [0.25, 0.3) is 0 Å². The molecule has 0 spiro atoms. The molecule has 0 aliphatic heterocycles. The molecule has 0 heterocycles. The minimum absolute atomic E-state index is 0.293. The molecule has 0 saturated carbocycles. The van der Waals surface area contributed by atoms with Crippen LogP contribution in [0.5, 0.6) is 11.5 Å². The van der Waals surface area contributed by atoms with Gasteiger partial charge in [-0.15, -0.1) is 0 Å². The van der Waals surface area contributed by atoms with Crippen molar-refractivity contribution in [2.45, 2.75) is 144 Å². The second kappa shape index (κ2) is 15.0. The van der Waals surface area contributed by atoms with Gasteiger partial charge >= 0.3 is 0 Å². The lowest BCUT2D eigenvalue weighted by Gasteiger charge is -2.26. The van der Waals surface area contributed by atoms with E-state index in [1.807, 2.05) is 20.8 Å². The van der Waals surface area contributed by atoms with Crippen LogP contribution in [0.15, 0.2) is 0 Å². The van der Waals surface area contributed by atoms with Crippen molar-refractivity contribution in [3.63, 3.8) is 0 Å². The first-order chi connectivity index (χ1) is 15.9. The van der Waals surface area contributed by atoms with Crippen molar-refractivity contribution >= 4 is 0 Å². The summed E-state index contributed by atoms with van der Waals surface area (Å²) in [4.78, 5) is 0. The quantitative estimate of drug-likeness (QED) is 0.197. The average Bonchev–Trinajstić information content (AvgIpc) is 2.75. The van der Waals surface area contributed by atoms with Gasteiger partial charge in [-0.1, -0.05) is 92.4 Å². The van der Waals surface area contributed by atoms with Crippen LogP contribution in [-0.4, -0.2) is 20.9 Å². The maximum absolute atomic E-state index is 11.0. The van der Waals surface area contributed by atoms with Gasteiger partial charge in [0.15, 0.2) is 0 Å². The number of aliphatic hydroxyl groups is 1. The molecule has 0 fully saturated rings. The summed E-state index contributed by atoms with van der Waals surface area (Å²) in [5, 5.41) is 32.4. The van der Waals surface area contributed by atoms with Crippen LogP contribution in [0.1, 0.15) is 134 Å². The first-order valence-corrected chi connectivity index (χ1v) is 14.1. The van der Waals surface area contributed by atoms with Gasteiger partial charge in [0.2, 0.25) is 0 Å². The Labute approximate surface area is 211 Å². The lowest BCUT2D eigenvalue weighted by molar-refractivity contribution is 0.0384. The fraction of sp³-hybridized carbons (Fsp3) is 0.806. The molecule has 0 bridgehead atoms. The summed E-state index contributed by atoms with van der Waals surface area (Å²) in [5.74, 6) is 2.97. The van der Waals surface area contributed by atoms with Crippen molar-refractivity contribution in [2.75, 3.05) is 0 Å². The van der Waals surface area contributed by atoms with Gasteiger partial charge in [0.05, 0.1) is 5.60 Å². The molecule has 3 nitrogen and oxygen atoms in total. The van der Waals surface area contributed by atoms with Crippen molar-refractivity contribution in [3.05, 3.63) is 22.3 Å². The molecule has 34 heavy (non-hydrogen) atoms. The highest BCUT2D eigenvalue weighted by atomic mass is 16.3. The molecule has 0 saturated heterocycles. The van der Waals surface area contributed by atoms with Crippen molar-refractivity contribution in [1.29, 1.82) is 0 Å². The van der Waals surface area contributed by atoms with Gasteiger partial charge < -0.3 is 15.3 Å². The zero-order valence-corrected chi connectivity index (χ0v) is 23.8. The van der Waals surface area contributed by atoms with E-state index in [9.17, 15) is 15.3 Å². The molecule has 0 radical (unpaired) electrons. The number of phenolic OH excluding ortho intramolecular Hbond substituents is 2. The molecule has 1 unspecified atom stereocenters. The molecule has 3 heteroatoms. The SMILES string of the molecule is CCCc1c(O)c(C)c(C)c(O)c1CCC(C)(O)CCC[C@H](C)CCC[C@H](C)CCCC(C)C. The van der Waals surface area contributed by atoms with Crippen LogP contribution in [0.25, 0.3) is 0 Å². The molecule has 0 aliphatic carbocycles. The smallest absolute Gasteiger partial charge is 0.122 e. The first kappa shape index (κ1) is 30.8. The lowest BCUT2D eigenvalue weighted by atomic mass is 9.85. The summed E-state index contributed by atoms with van der Waals surface area (Å²) in [5.41, 5.74) is 2.42. The minimum Gasteiger partial charge on any atom is -0.507 e. The predicted octanol–water partition coefficient (Wildman–Crippen LogP) is 8.79. The van der Waals surface area contributed by atoms with Gasteiger partial charge in [-0.3, -0.25) is 0 Å². The summed E-state index contributed by atoms with van der Waals surface area (Å²) in [7, 11) is 0. The Balaban J connectivity index is 2.46. The monoisotopic (exact) mass is 476 g/mol. The molecule has 3 atom stereocenters. The second-order valence-electron chi connectivity index (χ2n) is 12.0. The molecule has 1 rings (SSSR count). The van der Waals surface area contributed by atoms with Crippen LogP contribution >= 0.6 is 0 Å². The van der Waals surface area contributed by atoms with Gasteiger partial charge in [-0.25, -0.2) is 0 Å². The molecular formula is C31H56O3. The fourth-order valence-electron chi connectivity index (χ4n) is 5.21. The van der Waals surface area contributed by atoms with Gasteiger partial charge in [-0.2, -0.15) is 0 Å². The van der Waals surface area contributed by atoms with Gasteiger partial charge in [0, 0.05) is 11.1 Å². The summed E-state index contributed by atoms with van der Waals surface area (Å²) in [6, 6.07) is 0. The van der Waals surface area contributed by atoms with Crippen molar-refractivity contribution in [3.8, 4) is 11.5 Å². The average molecular weight is 477 g/mol. The Morgan fingerprint density at radius 3 is 1.59 bits per heavy atom. The Morgan fingerprint density at radius 1 is 0.676 bits per heavy atom. The highest BCUT2D eigenvalue weighted by Gasteiger charge is 2.24. The number of rotatable bonds is 17. The number of hydrogen-bond donors (Lipinski definition) is 3. The van der Waals surface area contributed by atoms with E-state index in [2.05, 4.69) is 34.6 Å². The van der Waals surface area contributed by atoms with E-state index in [1.165, 1.54) is 38.5 Å². The van der Waals surface area contributed by atoms with E-state index >= 15 is 0 Å². The fourth-order valence-corrected chi connectivity index (χ4v) is 5.21. The predicted molar refractivity (Wildman–Crippen MR) is 147 cm³/mol. The van der Waals surface area contributed by atoms with Crippen LogP contribution in [-0.2, 0) is 12.8 Å². The number of benzene rings is 1. The third-order valence-corrected chi connectivity index (χ3v) is 7.91. The van der Waals surface area contributed by atoms with Crippen LogP contribution in [0, 0.1) is 31.6 Å². The lowest BCUT2D eigenvalue weighted by Crippen LogP contribution is -2.25. The first-order valence-electron chi connectivity index (χ1n) is 14.1. The zero-order valence-electron chi connectivity index (χ0n) is 23.8. The molecule has 0 amide bonds. The molecular weight excluding hydrogens is 420 g/mol. The van der Waals surface area contributed by atoms with Gasteiger partial charge in [0.1, 0.15) is 11.5 Å². The highest BCUT2D eigenvalue weighted by Crippen LogP contribution is 2.39. The maximum Gasteiger partial charge on any atom is 0.122 e. The molecule has 0 aliphatic rings. The molecule has 198 valence electrons. The van der Waals surface area contributed by atoms with E-state index < -0.39 is 5.60 Å². The molecule has 1 aromatic rings. The third kappa shape index (κ3) is 10.6. The standard InChI is InChI=1S/C31H56O3/c1-9-13-27-28(30(33)26(7)25(6)29(27)32)19-21-31(8,34)20-12-18-24(5)17-11-16-23(4)15-10-14-22(2)3/h22-24,32-34H,9-21H2,1-8H3/t23-,24-,31?/m1/s1. The van der Waals surface area contributed by atoms with Gasteiger partial charge in [-0.05, 0) is 75.3 Å². The van der Waals surface area contributed by atoms with E-state index in [1.54, 1.807) is 0 Å². The van der Waals surface area contributed by atoms with Crippen LogP contribution in [0.2, 0.25) is 0 Å². The normalized spacial score (nSPS) is 15.5. The summed E-state index contributed by atoms with van der Waals surface area (Å²) in [6.45, 7) is 17.1. The zero-order chi connectivity index (χ0) is 25.9. The summed E-state index contributed by atoms with van der Waals surface area (Å²) < 4.78 is 0. The van der Waals surface area contributed by atoms with Crippen molar-refractivity contribution in [1.82, 2.24) is 0 Å². The van der Waals surface area contributed by atoms with Crippen molar-refractivity contribution < 1.29 is 15.3 Å². The number of hydrogen-bond acceptors (Lipinski definition) is 3. The second-order valence-corrected chi connectivity index (χ2v) is 12.0. The molecule has 3 N–H and O–H groups in total. The topological polar surface area (TPSA) is 60.7 Å². The Hall–Kier alpha value is -1.22. The summed E-state index contributed by atoms with van der Waals surface area (Å²) >= 11 is 0. The van der Waals surface area contributed by atoms with E-state index in [-0.39, 0.29) is 0 Å². The largest absolute Gasteiger partial charge is 0.507 e. The Morgan fingerprint density at radius 2 is 1.12 bits per heavy atom. The summed E-state index contributed by atoms with van der Waals surface area (Å²) in [6.07, 6.45) is 13.8. The van der Waals surface area contributed by atoms with Crippen molar-refractivity contribution in [2.24, 2.45) is 17.8 Å². The minimum atomic E-state index is -0.755. The molecule has 0 aromatic heterocycles. The van der Waals surface area contributed by atoms with Crippen LogP contribution < -0.4 is 0 Å². The maximum atomic E-state index is 11.0. The molecule has 1 aromatic carbocycles. The van der Waals surface area contributed by atoms with E-state index in [0.717, 1.165) is 66.2 Å². The van der Waals surface area contributed by atoms with Crippen LogP contribution in [0.4, 0.5) is 0 Å². The van der Waals surface area contributed by atoms with Crippen LogP contribution in [0.3, 0.4) is 0 Å². The number of aromatic hydroxyl groups is 2. The van der Waals surface area contributed by atoms with E-state index in [0.29, 0.717) is 30.3 Å². The third-order valence-electron chi connectivity index (χ3n) is 7.91.